The first-order chi connectivity index (χ1) is 17.7. The maximum atomic E-state index is 14.3. The number of alkyl halides is 3. The third-order valence-corrected chi connectivity index (χ3v) is 6.47. The first-order valence-corrected chi connectivity index (χ1v) is 12.1. The quantitative estimate of drug-likeness (QED) is 0.297. The van der Waals surface area contributed by atoms with Crippen molar-refractivity contribution in [3.05, 3.63) is 35.9 Å². The van der Waals surface area contributed by atoms with E-state index in [1.165, 1.54) is 32.0 Å². The van der Waals surface area contributed by atoms with Crippen LogP contribution in [-0.2, 0) is 48.5 Å². The van der Waals surface area contributed by atoms with E-state index in [-0.39, 0.29) is 5.75 Å². The lowest BCUT2D eigenvalue weighted by atomic mass is 9.90. The van der Waals surface area contributed by atoms with E-state index < -0.39 is 70.3 Å². The molecule has 38 heavy (non-hydrogen) atoms. The van der Waals surface area contributed by atoms with Gasteiger partial charge in [0.2, 0.25) is 12.0 Å². The van der Waals surface area contributed by atoms with Gasteiger partial charge >= 0.3 is 24.1 Å². The van der Waals surface area contributed by atoms with Crippen LogP contribution in [0.1, 0.15) is 26.3 Å². The van der Waals surface area contributed by atoms with Gasteiger partial charge in [-0.3, -0.25) is 9.59 Å². The second-order valence-corrected chi connectivity index (χ2v) is 9.30. The molecule has 0 aromatic heterocycles. The Labute approximate surface area is 221 Å². The van der Waals surface area contributed by atoms with E-state index in [2.05, 4.69) is 19.5 Å². The molecule has 0 aliphatic rings. The third kappa shape index (κ3) is 7.69. The van der Waals surface area contributed by atoms with E-state index >= 15 is 0 Å². The summed E-state index contributed by atoms with van der Waals surface area (Å²) in [6.07, 6.45) is -7.41. The molecule has 10 nitrogen and oxygen atoms in total. The van der Waals surface area contributed by atoms with Gasteiger partial charge in [0, 0.05) is 25.3 Å². The van der Waals surface area contributed by atoms with Gasteiger partial charge in [0.1, 0.15) is 6.04 Å². The molecular formula is C24H30F3NO9S. The minimum atomic E-state index is -5.32. The molecule has 4 atom stereocenters. The molecule has 14 heteroatoms. The molecule has 0 fully saturated rings. The number of amides is 1. The van der Waals surface area contributed by atoms with Crippen LogP contribution < -0.4 is 5.32 Å². The monoisotopic (exact) mass is 565 g/mol. The summed E-state index contributed by atoms with van der Waals surface area (Å²) in [5, 5.41) is 1.50. The van der Waals surface area contributed by atoms with Crippen molar-refractivity contribution in [2.24, 2.45) is 11.8 Å². The molecule has 0 saturated heterocycles. The summed E-state index contributed by atoms with van der Waals surface area (Å²) in [5.74, 6) is -7.27. The van der Waals surface area contributed by atoms with E-state index in [9.17, 15) is 37.1 Å². The van der Waals surface area contributed by atoms with E-state index in [1.54, 1.807) is 0 Å². The Kier molecular flexibility index (Phi) is 12.2. The molecule has 0 spiro atoms. The minimum Gasteiger partial charge on any atom is -0.467 e. The lowest BCUT2D eigenvalue weighted by Gasteiger charge is -2.35. The maximum Gasteiger partial charge on any atom is 0.432 e. The lowest BCUT2D eigenvalue weighted by molar-refractivity contribution is -0.279. The highest BCUT2D eigenvalue weighted by Crippen LogP contribution is 2.43. The zero-order valence-electron chi connectivity index (χ0n) is 21.6. The first-order valence-electron chi connectivity index (χ1n) is 11.2. The Morgan fingerprint density at radius 3 is 1.92 bits per heavy atom. The van der Waals surface area contributed by atoms with Crippen molar-refractivity contribution in [2.75, 3.05) is 27.1 Å². The van der Waals surface area contributed by atoms with E-state index in [0.29, 0.717) is 18.9 Å². The largest absolute Gasteiger partial charge is 0.467 e. The number of ether oxygens (including phenoxy) is 4. The molecule has 0 saturated carbocycles. The standard InChI is InChI=1S/C24H30F3NO9S/c1-13(2)17(21(32)38-12-16(19(30)34-4)28-14(3)29)18(20(31)35-5)37-22(33)23(36-6,24(25,26)27)15-10-8-7-9-11-15/h7-11,13,16-18H,12H2,1-6H3,(H,28,29)/t16-,17-,18+,23-/m0/s1. The molecule has 1 amide bonds. The molecule has 1 aromatic rings. The van der Waals surface area contributed by atoms with Crippen molar-refractivity contribution < 1.29 is 56.1 Å². The topological polar surface area (TPSA) is 134 Å². The predicted molar refractivity (Wildman–Crippen MR) is 128 cm³/mol. The molecule has 212 valence electrons. The third-order valence-electron chi connectivity index (χ3n) is 5.41. The summed E-state index contributed by atoms with van der Waals surface area (Å²) in [6, 6.07) is 4.70. The fraction of sp³-hybridized carbons (Fsp3) is 0.542. The van der Waals surface area contributed by atoms with Crippen molar-refractivity contribution >= 4 is 40.7 Å². The molecule has 1 N–H and O–H groups in total. The van der Waals surface area contributed by atoms with E-state index in [4.69, 9.17) is 4.74 Å². The van der Waals surface area contributed by atoms with Crippen LogP contribution in [0.15, 0.2) is 30.3 Å². The van der Waals surface area contributed by atoms with Crippen molar-refractivity contribution in [1.29, 1.82) is 0 Å². The van der Waals surface area contributed by atoms with Gasteiger partial charge in [0.25, 0.3) is 5.60 Å². The second-order valence-electron chi connectivity index (χ2n) is 8.27. The van der Waals surface area contributed by atoms with Crippen LogP contribution in [0.5, 0.6) is 0 Å². The van der Waals surface area contributed by atoms with Gasteiger partial charge in [0.05, 0.1) is 20.1 Å². The van der Waals surface area contributed by atoms with Crippen LogP contribution in [0.4, 0.5) is 13.2 Å². The number of nitrogens with one attached hydrogen (secondary N) is 1. The number of carbonyl (C=O) groups excluding carboxylic acids is 5. The molecule has 0 unspecified atom stereocenters. The number of methoxy groups -OCH3 is 3. The summed E-state index contributed by atoms with van der Waals surface area (Å²) in [5.41, 5.74) is -4.22. The number of thioether (sulfide) groups is 1. The Morgan fingerprint density at radius 2 is 1.50 bits per heavy atom. The number of halogens is 3. The highest BCUT2D eigenvalue weighted by molar-refractivity contribution is 8.13. The Morgan fingerprint density at radius 1 is 0.947 bits per heavy atom. The van der Waals surface area contributed by atoms with Gasteiger partial charge in [-0.2, -0.15) is 13.2 Å². The number of carbonyl (C=O) groups is 5. The van der Waals surface area contributed by atoms with Gasteiger partial charge in [-0.15, -0.1) is 0 Å². The zero-order chi connectivity index (χ0) is 29.3. The molecule has 1 rings (SSSR count). The number of rotatable bonds is 12. The molecule has 0 radical (unpaired) electrons. The molecular weight excluding hydrogens is 535 g/mol. The molecule has 0 aliphatic heterocycles. The van der Waals surface area contributed by atoms with Crippen LogP contribution in [0.3, 0.4) is 0 Å². The maximum absolute atomic E-state index is 14.3. The summed E-state index contributed by atoms with van der Waals surface area (Å²) < 4.78 is 61.9. The summed E-state index contributed by atoms with van der Waals surface area (Å²) in [6.45, 7) is 4.09. The van der Waals surface area contributed by atoms with Crippen molar-refractivity contribution in [3.63, 3.8) is 0 Å². The minimum absolute atomic E-state index is 0.329. The van der Waals surface area contributed by atoms with Crippen LogP contribution in [0.25, 0.3) is 0 Å². The SMILES string of the molecule is COC(=O)[C@H](CSC(=O)[C@@H](C(C)C)[C@@H](OC(=O)[C@@](OC)(c1ccccc1)C(F)(F)F)C(=O)OC)NC(C)=O. The molecule has 0 bridgehead atoms. The van der Waals surface area contributed by atoms with Crippen LogP contribution in [0.2, 0.25) is 0 Å². The Balaban J connectivity index is 3.42. The van der Waals surface area contributed by atoms with Crippen LogP contribution in [-0.4, -0.2) is 74.3 Å². The fourth-order valence-electron chi connectivity index (χ4n) is 3.53. The molecule has 0 heterocycles. The van der Waals surface area contributed by atoms with E-state index in [1.807, 2.05) is 0 Å². The van der Waals surface area contributed by atoms with Gasteiger partial charge in [0.15, 0.2) is 5.12 Å². The summed E-state index contributed by atoms with van der Waals surface area (Å²) in [4.78, 5) is 62.3. The number of esters is 3. The smallest absolute Gasteiger partial charge is 0.432 e. The Hall–Kier alpha value is -3.13. The predicted octanol–water partition coefficient (Wildman–Crippen LogP) is 2.39. The van der Waals surface area contributed by atoms with Gasteiger partial charge in [-0.05, 0) is 5.92 Å². The zero-order valence-corrected chi connectivity index (χ0v) is 22.4. The van der Waals surface area contributed by atoms with Gasteiger partial charge < -0.3 is 24.3 Å². The molecule has 1 aromatic carbocycles. The summed E-state index contributed by atoms with van der Waals surface area (Å²) >= 11 is 0.498. The normalized spacial score (nSPS) is 15.4. The summed E-state index contributed by atoms with van der Waals surface area (Å²) in [7, 11) is 2.64. The van der Waals surface area contributed by atoms with Crippen molar-refractivity contribution in [3.8, 4) is 0 Å². The lowest BCUT2D eigenvalue weighted by Crippen LogP contribution is -2.54. The van der Waals surface area contributed by atoms with Gasteiger partial charge in [-0.1, -0.05) is 55.9 Å². The fourth-order valence-corrected chi connectivity index (χ4v) is 4.67. The number of hydrogen-bond acceptors (Lipinski definition) is 10. The highest BCUT2D eigenvalue weighted by atomic mass is 32.2. The average molecular weight is 566 g/mol. The molecule has 0 aliphatic carbocycles. The van der Waals surface area contributed by atoms with E-state index in [0.717, 1.165) is 33.3 Å². The Bertz CT molecular complexity index is 1000. The van der Waals surface area contributed by atoms with Gasteiger partial charge in [-0.25, -0.2) is 14.4 Å². The number of benzene rings is 1. The van der Waals surface area contributed by atoms with Crippen LogP contribution >= 0.6 is 11.8 Å². The van der Waals surface area contributed by atoms with Crippen molar-refractivity contribution in [2.45, 2.75) is 44.7 Å². The van der Waals surface area contributed by atoms with Crippen LogP contribution in [0, 0.1) is 11.8 Å². The number of hydrogen-bond donors (Lipinski definition) is 1. The first kappa shape index (κ1) is 32.9. The highest BCUT2D eigenvalue weighted by Gasteiger charge is 2.65. The van der Waals surface area contributed by atoms with Crippen molar-refractivity contribution in [1.82, 2.24) is 5.32 Å². The average Bonchev–Trinajstić information content (AvgIpc) is 2.85. The second kappa shape index (κ2) is 14.1.